The monoisotopic (exact) mass is 512 g/mol. The molecule has 3 N–H and O–H groups in total. The van der Waals surface area contributed by atoms with E-state index < -0.39 is 6.04 Å². The number of pyridine rings is 2. The second-order valence-electron chi connectivity index (χ2n) is 8.75. The first-order valence-electron chi connectivity index (χ1n) is 11.8. The number of aryl methyl sites for hydroxylation is 1. The number of halogens is 1. The summed E-state index contributed by atoms with van der Waals surface area (Å²) in [5.41, 5.74) is 2.30. The Hall–Kier alpha value is -3.04. The van der Waals surface area contributed by atoms with Crippen molar-refractivity contribution in [2.75, 3.05) is 10.6 Å². The van der Waals surface area contributed by atoms with Gasteiger partial charge in [-0.3, -0.25) is 19.6 Å². The summed E-state index contributed by atoms with van der Waals surface area (Å²) in [7, 11) is 0. The molecule has 1 aliphatic carbocycles. The number of carbonyl (C=O) groups is 2. The average molecular weight is 513 g/mol. The third kappa shape index (κ3) is 7.22. The van der Waals surface area contributed by atoms with Gasteiger partial charge in [-0.15, -0.1) is 11.3 Å². The van der Waals surface area contributed by atoms with Crippen molar-refractivity contribution in [1.29, 1.82) is 0 Å². The summed E-state index contributed by atoms with van der Waals surface area (Å²) >= 11 is 7.33. The van der Waals surface area contributed by atoms with Crippen LogP contribution < -0.4 is 16.0 Å². The largest absolute Gasteiger partial charge is 0.377 e. The summed E-state index contributed by atoms with van der Waals surface area (Å²) in [6.07, 6.45) is 12.8. The second-order valence-corrected chi connectivity index (χ2v) is 10.3. The van der Waals surface area contributed by atoms with E-state index in [0.717, 1.165) is 29.2 Å². The van der Waals surface area contributed by atoms with Crippen molar-refractivity contribution in [1.82, 2.24) is 20.3 Å². The maximum Gasteiger partial charge on any atom is 0.263 e. The molecule has 1 atom stereocenters. The van der Waals surface area contributed by atoms with Crippen LogP contribution in [0.25, 0.3) is 0 Å². The van der Waals surface area contributed by atoms with Crippen LogP contribution in [0.4, 0.5) is 11.4 Å². The van der Waals surface area contributed by atoms with Crippen LogP contribution in [-0.4, -0.2) is 32.8 Å². The molecule has 2 amide bonds. The van der Waals surface area contributed by atoms with Crippen molar-refractivity contribution >= 4 is 46.1 Å². The van der Waals surface area contributed by atoms with Gasteiger partial charge >= 0.3 is 0 Å². The standard InChI is InChI=1S/C25H29ClN6O2S/c1-16-20(12-18(26)13-28-16)29-15-23-30-14-22(35-23)25(34)32-21(11-17-5-3-2-4-6-17)24(33)31-19-7-9-27-10-8-19/h7-10,12-14,17,21,29H,2-6,11,15H2,1H3,(H,32,34)(H,27,31,33)/t21-/m0/s1. The lowest BCUT2D eigenvalue weighted by atomic mass is 9.84. The van der Waals surface area contributed by atoms with Gasteiger partial charge in [0.05, 0.1) is 29.1 Å². The number of aromatic nitrogens is 3. The molecule has 0 aliphatic heterocycles. The van der Waals surface area contributed by atoms with Crippen LogP contribution in [0.2, 0.25) is 5.02 Å². The van der Waals surface area contributed by atoms with Gasteiger partial charge in [0.25, 0.3) is 5.91 Å². The lowest BCUT2D eigenvalue weighted by Gasteiger charge is -2.26. The van der Waals surface area contributed by atoms with Crippen molar-refractivity contribution in [3.05, 3.63) is 63.6 Å². The summed E-state index contributed by atoms with van der Waals surface area (Å²) in [5, 5.41) is 10.4. The Bertz CT molecular complexity index is 1150. The predicted molar refractivity (Wildman–Crippen MR) is 139 cm³/mol. The predicted octanol–water partition coefficient (Wildman–Crippen LogP) is 5.21. The van der Waals surface area contributed by atoms with E-state index >= 15 is 0 Å². The number of hydrogen-bond donors (Lipinski definition) is 3. The van der Waals surface area contributed by atoms with Crippen LogP contribution in [0.15, 0.2) is 43.0 Å². The quantitative estimate of drug-likeness (QED) is 0.363. The van der Waals surface area contributed by atoms with Gasteiger partial charge in [-0.25, -0.2) is 4.98 Å². The highest BCUT2D eigenvalue weighted by Gasteiger charge is 2.27. The average Bonchev–Trinajstić information content (AvgIpc) is 3.35. The number of amides is 2. The number of nitrogens with one attached hydrogen (secondary N) is 3. The summed E-state index contributed by atoms with van der Waals surface area (Å²) in [6.45, 7) is 2.33. The fraction of sp³-hybridized carbons (Fsp3) is 0.400. The minimum atomic E-state index is -0.623. The molecular weight excluding hydrogens is 484 g/mol. The zero-order valence-corrected chi connectivity index (χ0v) is 21.2. The van der Waals surface area contributed by atoms with E-state index in [0.29, 0.717) is 34.5 Å². The minimum Gasteiger partial charge on any atom is -0.377 e. The van der Waals surface area contributed by atoms with Crippen LogP contribution in [0.1, 0.15) is 58.9 Å². The van der Waals surface area contributed by atoms with E-state index in [1.807, 2.05) is 13.0 Å². The number of hydrogen-bond acceptors (Lipinski definition) is 7. The maximum absolute atomic E-state index is 13.1. The molecule has 1 saturated carbocycles. The highest BCUT2D eigenvalue weighted by molar-refractivity contribution is 7.13. The molecule has 10 heteroatoms. The zero-order valence-electron chi connectivity index (χ0n) is 19.6. The number of anilines is 2. The van der Waals surface area contributed by atoms with E-state index in [1.54, 1.807) is 36.9 Å². The summed E-state index contributed by atoms with van der Waals surface area (Å²) < 4.78 is 0. The Labute approximate surface area is 213 Å². The minimum absolute atomic E-state index is 0.217. The molecule has 0 unspecified atom stereocenters. The van der Waals surface area contributed by atoms with Crippen LogP contribution in [0.3, 0.4) is 0 Å². The van der Waals surface area contributed by atoms with Crippen LogP contribution in [0, 0.1) is 12.8 Å². The van der Waals surface area contributed by atoms with Crippen LogP contribution in [0.5, 0.6) is 0 Å². The van der Waals surface area contributed by atoms with Gasteiger partial charge in [0.15, 0.2) is 0 Å². The molecule has 0 spiro atoms. The molecule has 3 aromatic rings. The lowest BCUT2D eigenvalue weighted by Crippen LogP contribution is -2.45. The number of rotatable bonds is 9. The third-order valence-corrected chi connectivity index (χ3v) is 7.33. The molecule has 3 aromatic heterocycles. The lowest BCUT2D eigenvalue weighted by molar-refractivity contribution is -0.118. The molecule has 0 bridgehead atoms. The van der Waals surface area contributed by atoms with Gasteiger partial charge in [-0.05, 0) is 37.5 Å². The summed E-state index contributed by atoms with van der Waals surface area (Å²) in [5.74, 6) is -0.0847. The van der Waals surface area contributed by atoms with E-state index in [2.05, 4.69) is 30.9 Å². The van der Waals surface area contributed by atoms with Gasteiger partial charge in [0, 0.05) is 24.3 Å². The first kappa shape index (κ1) is 25.1. The number of thiazole rings is 1. The number of carbonyl (C=O) groups excluding carboxylic acids is 2. The molecule has 8 nitrogen and oxygen atoms in total. The van der Waals surface area contributed by atoms with E-state index in [-0.39, 0.29) is 11.8 Å². The molecule has 184 valence electrons. The van der Waals surface area contributed by atoms with Gasteiger partial charge in [-0.1, -0.05) is 43.7 Å². The highest BCUT2D eigenvalue weighted by Crippen LogP contribution is 2.28. The van der Waals surface area contributed by atoms with Gasteiger partial charge in [0.2, 0.25) is 5.91 Å². The van der Waals surface area contributed by atoms with Crippen LogP contribution in [-0.2, 0) is 11.3 Å². The van der Waals surface area contributed by atoms with E-state index in [9.17, 15) is 9.59 Å². The smallest absolute Gasteiger partial charge is 0.263 e. The fourth-order valence-electron chi connectivity index (χ4n) is 4.24. The Kier molecular flexibility index (Phi) is 8.65. The molecule has 4 rings (SSSR count). The highest BCUT2D eigenvalue weighted by atomic mass is 35.5. The molecular formula is C25H29ClN6O2S. The Morgan fingerprint density at radius 1 is 1.14 bits per heavy atom. The summed E-state index contributed by atoms with van der Waals surface area (Å²) in [6, 6.07) is 4.65. The molecule has 0 aromatic carbocycles. The maximum atomic E-state index is 13.1. The topological polar surface area (TPSA) is 109 Å². The van der Waals surface area contributed by atoms with Crippen molar-refractivity contribution in [3.8, 4) is 0 Å². The first-order valence-corrected chi connectivity index (χ1v) is 13.0. The van der Waals surface area contributed by atoms with E-state index in [1.165, 1.54) is 30.6 Å². The number of nitrogens with zero attached hydrogens (tertiary/aromatic N) is 3. The van der Waals surface area contributed by atoms with Crippen molar-refractivity contribution < 1.29 is 9.59 Å². The van der Waals surface area contributed by atoms with Gasteiger partial charge in [0.1, 0.15) is 15.9 Å². The molecule has 3 heterocycles. The van der Waals surface area contributed by atoms with Crippen molar-refractivity contribution in [2.24, 2.45) is 5.92 Å². The Balaban J connectivity index is 1.40. The Morgan fingerprint density at radius 2 is 1.91 bits per heavy atom. The normalized spacial score (nSPS) is 14.8. The van der Waals surface area contributed by atoms with Crippen LogP contribution >= 0.6 is 22.9 Å². The summed E-state index contributed by atoms with van der Waals surface area (Å²) in [4.78, 5) is 39.2. The van der Waals surface area contributed by atoms with Crippen molar-refractivity contribution in [2.45, 2.75) is 58.0 Å². The van der Waals surface area contributed by atoms with E-state index in [4.69, 9.17) is 11.6 Å². The fourth-order valence-corrected chi connectivity index (χ4v) is 5.15. The van der Waals surface area contributed by atoms with Gasteiger partial charge < -0.3 is 16.0 Å². The zero-order chi connectivity index (χ0) is 24.6. The Morgan fingerprint density at radius 3 is 2.69 bits per heavy atom. The molecule has 35 heavy (non-hydrogen) atoms. The second kappa shape index (κ2) is 12.1. The first-order chi connectivity index (χ1) is 17.0. The molecule has 1 fully saturated rings. The molecule has 0 saturated heterocycles. The molecule has 0 radical (unpaired) electrons. The van der Waals surface area contributed by atoms with Crippen molar-refractivity contribution in [3.63, 3.8) is 0 Å². The molecule has 1 aliphatic rings. The SMILES string of the molecule is Cc1ncc(Cl)cc1NCc1ncc(C(=O)N[C@@H](CC2CCCCC2)C(=O)Nc2ccncc2)s1. The van der Waals surface area contributed by atoms with Gasteiger partial charge in [-0.2, -0.15) is 0 Å². The third-order valence-electron chi connectivity index (χ3n) is 6.12.